The molecule has 1 amide bonds. The van der Waals surface area contributed by atoms with Gasteiger partial charge in [-0.2, -0.15) is 0 Å². The standard InChI is InChI=1S/C15H19NO5/c1-4-5-6-15(18)21-10-14(17)16-11-7-8-12(19-2)13(9-11)20-3/h5-9H,4,10H2,1-3H3,(H,16,17)/b6-5+. The number of carbonyl (C=O) groups is 2. The smallest absolute Gasteiger partial charge is 0.330 e. The molecule has 0 saturated heterocycles. The van der Waals surface area contributed by atoms with E-state index in [1.54, 1.807) is 24.3 Å². The van der Waals surface area contributed by atoms with Crippen LogP contribution in [0.4, 0.5) is 5.69 Å². The molecule has 0 aliphatic carbocycles. The first-order chi connectivity index (χ1) is 10.1. The molecular formula is C15H19NO5. The van der Waals surface area contributed by atoms with E-state index >= 15 is 0 Å². The van der Waals surface area contributed by atoms with Crippen LogP contribution in [0.25, 0.3) is 0 Å². The molecule has 0 atom stereocenters. The van der Waals surface area contributed by atoms with Gasteiger partial charge in [0.25, 0.3) is 5.91 Å². The number of amides is 1. The van der Waals surface area contributed by atoms with E-state index in [0.717, 1.165) is 6.42 Å². The Morgan fingerprint density at radius 3 is 2.52 bits per heavy atom. The summed E-state index contributed by atoms with van der Waals surface area (Å²) in [5, 5.41) is 2.60. The molecule has 0 saturated carbocycles. The second-order valence-electron chi connectivity index (χ2n) is 4.04. The summed E-state index contributed by atoms with van der Waals surface area (Å²) in [5.74, 6) is 0.0876. The van der Waals surface area contributed by atoms with Gasteiger partial charge in [0.2, 0.25) is 0 Å². The predicted octanol–water partition coefficient (Wildman–Crippen LogP) is 2.15. The lowest BCUT2D eigenvalue weighted by Crippen LogP contribution is -2.20. The van der Waals surface area contributed by atoms with E-state index in [1.807, 2.05) is 6.92 Å². The van der Waals surface area contributed by atoms with Gasteiger partial charge in [0.1, 0.15) is 0 Å². The van der Waals surface area contributed by atoms with Crippen LogP contribution in [0.15, 0.2) is 30.4 Å². The van der Waals surface area contributed by atoms with Crippen LogP contribution in [0.2, 0.25) is 0 Å². The summed E-state index contributed by atoms with van der Waals surface area (Å²) in [7, 11) is 3.03. The molecule has 1 aromatic rings. The monoisotopic (exact) mass is 293 g/mol. The Balaban J connectivity index is 2.55. The van der Waals surface area contributed by atoms with Crippen molar-refractivity contribution in [2.24, 2.45) is 0 Å². The van der Waals surface area contributed by atoms with Crippen molar-refractivity contribution in [1.29, 1.82) is 0 Å². The molecule has 0 fully saturated rings. The maximum Gasteiger partial charge on any atom is 0.330 e. The van der Waals surface area contributed by atoms with Gasteiger partial charge >= 0.3 is 5.97 Å². The molecule has 0 bridgehead atoms. The molecule has 0 aromatic heterocycles. The van der Waals surface area contributed by atoms with E-state index in [0.29, 0.717) is 17.2 Å². The van der Waals surface area contributed by atoms with Gasteiger partial charge < -0.3 is 19.5 Å². The number of nitrogens with one attached hydrogen (secondary N) is 1. The quantitative estimate of drug-likeness (QED) is 0.616. The van der Waals surface area contributed by atoms with Gasteiger partial charge in [-0.25, -0.2) is 4.79 Å². The molecule has 1 rings (SSSR count). The highest BCUT2D eigenvalue weighted by Crippen LogP contribution is 2.29. The highest BCUT2D eigenvalue weighted by atomic mass is 16.5. The minimum atomic E-state index is -0.542. The minimum absolute atomic E-state index is 0.346. The molecule has 1 N–H and O–H groups in total. The van der Waals surface area contributed by atoms with Gasteiger partial charge in [0.15, 0.2) is 18.1 Å². The van der Waals surface area contributed by atoms with Crippen LogP contribution in [0.1, 0.15) is 13.3 Å². The second kappa shape index (κ2) is 8.63. The Bertz CT molecular complexity index is 525. The molecule has 6 nitrogen and oxygen atoms in total. The number of benzene rings is 1. The lowest BCUT2D eigenvalue weighted by atomic mass is 10.2. The summed E-state index contributed by atoms with van der Waals surface area (Å²) in [6.45, 7) is 1.55. The van der Waals surface area contributed by atoms with E-state index < -0.39 is 11.9 Å². The Labute approximate surface area is 123 Å². The Morgan fingerprint density at radius 1 is 1.19 bits per heavy atom. The average Bonchev–Trinajstić information content (AvgIpc) is 2.50. The van der Waals surface area contributed by atoms with E-state index in [2.05, 4.69) is 5.32 Å². The summed E-state index contributed by atoms with van der Waals surface area (Å²) >= 11 is 0. The number of carbonyl (C=O) groups excluding carboxylic acids is 2. The molecule has 0 aliphatic heterocycles. The third-order valence-electron chi connectivity index (χ3n) is 2.50. The van der Waals surface area contributed by atoms with Crippen molar-refractivity contribution in [3.63, 3.8) is 0 Å². The largest absolute Gasteiger partial charge is 0.493 e. The molecule has 0 unspecified atom stereocenters. The molecular weight excluding hydrogens is 274 g/mol. The summed E-state index contributed by atoms with van der Waals surface area (Å²) < 4.78 is 15.0. The van der Waals surface area contributed by atoms with Crippen molar-refractivity contribution in [3.8, 4) is 11.5 Å². The highest BCUT2D eigenvalue weighted by molar-refractivity contribution is 5.94. The van der Waals surface area contributed by atoms with Gasteiger partial charge in [-0.1, -0.05) is 13.0 Å². The van der Waals surface area contributed by atoms with E-state index in [-0.39, 0.29) is 6.61 Å². The number of rotatable bonds is 7. The first kappa shape index (κ1) is 16.6. The summed E-state index contributed by atoms with van der Waals surface area (Å²) in [4.78, 5) is 22.9. The van der Waals surface area contributed by atoms with Crippen molar-refractivity contribution < 1.29 is 23.8 Å². The number of hydrogen-bond acceptors (Lipinski definition) is 5. The predicted molar refractivity (Wildman–Crippen MR) is 78.6 cm³/mol. The Hall–Kier alpha value is -2.50. The minimum Gasteiger partial charge on any atom is -0.493 e. The first-order valence-corrected chi connectivity index (χ1v) is 6.45. The Kier molecular flexibility index (Phi) is 6.80. The van der Waals surface area contributed by atoms with Crippen molar-refractivity contribution in [2.45, 2.75) is 13.3 Å². The molecule has 114 valence electrons. The zero-order valence-electron chi connectivity index (χ0n) is 12.3. The number of ether oxygens (including phenoxy) is 3. The zero-order chi connectivity index (χ0) is 15.7. The molecule has 0 radical (unpaired) electrons. The van der Waals surface area contributed by atoms with Gasteiger partial charge in [-0.3, -0.25) is 4.79 Å². The van der Waals surface area contributed by atoms with Crippen LogP contribution < -0.4 is 14.8 Å². The van der Waals surface area contributed by atoms with Crippen molar-refractivity contribution in [1.82, 2.24) is 0 Å². The SMILES string of the molecule is CC/C=C/C(=O)OCC(=O)Nc1ccc(OC)c(OC)c1. The lowest BCUT2D eigenvalue weighted by Gasteiger charge is -2.10. The van der Waals surface area contributed by atoms with Gasteiger partial charge in [0.05, 0.1) is 14.2 Å². The van der Waals surface area contributed by atoms with Crippen LogP contribution in [0.5, 0.6) is 11.5 Å². The molecule has 6 heteroatoms. The lowest BCUT2D eigenvalue weighted by molar-refractivity contribution is -0.142. The van der Waals surface area contributed by atoms with Crippen LogP contribution >= 0.6 is 0 Å². The third-order valence-corrected chi connectivity index (χ3v) is 2.50. The van der Waals surface area contributed by atoms with E-state index in [4.69, 9.17) is 14.2 Å². The van der Waals surface area contributed by atoms with Crippen LogP contribution in [-0.4, -0.2) is 32.7 Å². The topological polar surface area (TPSA) is 73.9 Å². The van der Waals surface area contributed by atoms with Crippen LogP contribution in [-0.2, 0) is 14.3 Å². The summed E-state index contributed by atoms with van der Waals surface area (Å²) in [6, 6.07) is 4.96. The second-order valence-corrected chi connectivity index (χ2v) is 4.04. The van der Waals surface area contributed by atoms with Gasteiger partial charge in [-0.05, 0) is 18.6 Å². The average molecular weight is 293 g/mol. The normalized spacial score (nSPS) is 10.2. The van der Waals surface area contributed by atoms with Crippen molar-refractivity contribution in [2.75, 3.05) is 26.1 Å². The van der Waals surface area contributed by atoms with Crippen molar-refractivity contribution in [3.05, 3.63) is 30.4 Å². The third kappa shape index (κ3) is 5.56. The van der Waals surface area contributed by atoms with Gasteiger partial charge in [-0.15, -0.1) is 0 Å². The molecule has 0 aliphatic rings. The van der Waals surface area contributed by atoms with Crippen LogP contribution in [0, 0.1) is 0 Å². The molecule has 21 heavy (non-hydrogen) atoms. The van der Waals surface area contributed by atoms with E-state index in [9.17, 15) is 9.59 Å². The fourth-order valence-corrected chi connectivity index (χ4v) is 1.51. The Morgan fingerprint density at radius 2 is 1.90 bits per heavy atom. The highest BCUT2D eigenvalue weighted by Gasteiger charge is 2.08. The zero-order valence-corrected chi connectivity index (χ0v) is 12.3. The number of hydrogen-bond donors (Lipinski definition) is 1. The molecule has 0 heterocycles. The molecule has 0 spiro atoms. The number of methoxy groups -OCH3 is 2. The summed E-state index contributed by atoms with van der Waals surface area (Å²) in [5.41, 5.74) is 0.526. The number of allylic oxidation sites excluding steroid dienone is 1. The van der Waals surface area contributed by atoms with Gasteiger partial charge in [0, 0.05) is 17.8 Å². The number of esters is 1. The first-order valence-electron chi connectivity index (χ1n) is 6.45. The fourth-order valence-electron chi connectivity index (χ4n) is 1.51. The summed E-state index contributed by atoms with van der Waals surface area (Å²) in [6.07, 6.45) is 3.69. The number of anilines is 1. The molecule has 1 aromatic carbocycles. The fraction of sp³-hybridized carbons (Fsp3) is 0.333. The maximum absolute atomic E-state index is 11.7. The van der Waals surface area contributed by atoms with E-state index in [1.165, 1.54) is 20.3 Å². The van der Waals surface area contributed by atoms with Crippen LogP contribution in [0.3, 0.4) is 0 Å². The maximum atomic E-state index is 11.7. The van der Waals surface area contributed by atoms with Crippen molar-refractivity contribution >= 4 is 17.6 Å².